The molecule has 0 unspecified atom stereocenters. The molecule has 0 aliphatic carbocycles. The molecule has 0 radical (unpaired) electrons. The van der Waals surface area contributed by atoms with Crippen molar-refractivity contribution in [2.45, 2.75) is 70.3 Å². The molecule has 196 valence electrons. The fourth-order valence-electron chi connectivity index (χ4n) is 4.26. The normalized spacial score (nSPS) is 22.0. The van der Waals surface area contributed by atoms with E-state index in [-0.39, 0.29) is 12.2 Å². The van der Waals surface area contributed by atoms with Crippen LogP contribution in [0.15, 0.2) is 91.0 Å². The van der Waals surface area contributed by atoms with Crippen LogP contribution < -0.4 is 0 Å². The van der Waals surface area contributed by atoms with Crippen LogP contribution in [0.2, 0.25) is 0 Å². The maximum atomic E-state index is 11.6. The molecular weight excluding hydrogens is 468 g/mol. The van der Waals surface area contributed by atoms with Crippen molar-refractivity contribution in [3.05, 3.63) is 108 Å². The van der Waals surface area contributed by atoms with Crippen LogP contribution in [0, 0.1) is 0 Å². The summed E-state index contributed by atoms with van der Waals surface area (Å²) in [7, 11) is 0. The van der Waals surface area contributed by atoms with Crippen molar-refractivity contribution >= 4 is 6.29 Å². The van der Waals surface area contributed by atoms with Gasteiger partial charge in [0, 0.05) is 6.42 Å². The molecule has 6 heteroatoms. The van der Waals surface area contributed by atoms with E-state index in [2.05, 4.69) is 0 Å². The van der Waals surface area contributed by atoms with Crippen LogP contribution in [-0.4, -0.2) is 43.1 Å². The second-order valence-electron chi connectivity index (χ2n) is 9.78. The zero-order valence-electron chi connectivity index (χ0n) is 21.5. The van der Waals surface area contributed by atoms with Crippen LogP contribution in [0.1, 0.15) is 37.0 Å². The Balaban J connectivity index is 1.51. The van der Waals surface area contributed by atoms with Crippen LogP contribution in [0.25, 0.3) is 0 Å². The Labute approximate surface area is 219 Å². The number of carbonyl (C=O) groups is 1. The van der Waals surface area contributed by atoms with Crippen molar-refractivity contribution in [1.82, 2.24) is 0 Å². The summed E-state index contributed by atoms with van der Waals surface area (Å²) in [4.78, 5) is 11.6. The monoisotopic (exact) mass is 504 g/mol. The standard InChI is InChI=1S/C31H36O6/c1-31(2,23-32)37-29-18-27(34-20-25-14-8-4-9-15-25)30(35-21-26-16-10-5-11-17-26)28(36-29)22-33-19-24-12-6-3-7-13-24/h3-17,23,27-30H,18-22H2,1-2H3/t27-,28-,29-,30+/m1/s1. The summed E-state index contributed by atoms with van der Waals surface area (Å²) >= 11 is 0. The summed E-state index contributed by atoms with van der Waals surface area (Å²) in [6.45, 7) is 5.04. The molecular formula is C31H36O6. The van der Waals surface area contributed by atoms with Crippen LogP contribution in [0.5, 0.6) is 0 Å². The van der Waals surface area contributed by atoms with Crippen LogP contribution in [0.3, 0.4) is 0 Å². The highest BCUT2D eigenvalue weighted by Crippen LogP contribution is 2.30. The van der Waals surface area contributed by atoms with Crippen LogP contribution in [-0.2, 0) is 48.3 Å². The van der Waals surface area contributed by atoms with Gasteiger partial charge in [-0.3, -0.25) is 0 Å². The first kappa shape index (κ1) is 27.2. The topological polar surface area (TPSA) is 63.2 Å². The summed E-state index contributed by atoms with van der Waals surface area (Å²) in [5.74, 6) is 0. The first-order valence-electron chi connectivity index (χ1n) is 12.7. The lowest BCUT2D eigenvalue weighted by Crippen LogP contribution is -2.54. The number of aldehydes is 1. The van der Waals surface area contributed by atoms with Gasteiger partial charge in [-0.05, 0) is 30.5 Å². The third-order valence-electron chi connectivity index (χ3n) is 6.19. The Hall–Kier alpha value is -2.87. The second kappa shape index (κ2) is 13.6. The van der Waals surface area contributed by atoms with Gasteiger partial charge in [0.25, 0.3) is 0 Å². The average Bonchev–Trinajstić information content (AvgIpc) is 2.93. The van der Waals surface area contributed by atoms with E-state index in [1.165, 1.54) is 0 Å². The van der Waals surface area contributed by atoms with Crippen molar-refractivity contribution in [2.75, 3.05) is 6.61 Å². The Morgan fingerprint density at radius 3 is 1.84 bits per heavy atom. The zero-order chi connectivity index (χ0) is 25.9. The molecule has 0 spiro atoms. The van der Waals surface area contributed by atoms with Crippen molar-refractivity contribution in [3.63, 3.8) is 0 Å². The Kier molecular flexibility index (Phi) is 9.99. The molecule has 1 saturated heterocycles. The van der Waals surface area contributed by atoms with Gasteiger partial charge in [-0.15, -0.1) is 0 Å². The smallest absolute Gasteiger partial charge is 0.162 e. The van der Waals surface area contributed by atoms with E-state index in [0.29, 0.717) is 32.8 Å². The lowest BCUT2D eigenvalue weighted by atomic mass is 10.00. The molecule has 6 nitrogen and oxygen atoms in total. The predicted molar refractivity (Wildman–Crippen MR) is 141 cm³/mol. The second-order valence-corrected chi connectivity index (χ2v) is 9.78. The molecule has 37 heavy (non-hydrogen) atoms. The maximum absolute atomic E-state index is 11.6. The molecule has 0 amide bonds. The van der Waals surface area contributed by atoms with E-state index < -0.39 is 18.0 Å². The minimum Gasteiger partial charge on any atom is -0.374 e. The summed E-state index contributed by atoms with van der Waals surface area (Å²) < 4.78 is 31.3. The van der Waals surface area contributed by atoms with Gasteiger partial charge in [-0.1, -0.05) is 91.0 Å². The van der Waals surface area contributed by atoms with E-state index in [1.54, 1.807) is 13.8 Å². The predicted octanol–water partition coefficient (Wildman–Crippen LogP) is 5.48. The highest BCUT2D eigenvalue weighted by molar-refractivity contribution is 5.60. The van der Waals surface area contributed by atoms with Crippen molar-refractivity contribution in [3.8, 4) is 0 Å². The molecule has 0 N–H and O–H groups in total. The minimum atomic E-state index is -0.984. The van der Waals surface area contributed by atoms with E-state index in [0.717, 1.165) is 23.0 Å². The summed E-state index contributed by atoms with van der Waals surface area (Å²) in [5.41, 5.74) is 2.22. The van der Waals surface area contributed by atoms with Crippen LogP contribution >= 0.6 is 0 Å². The van der Waals surface area contributed by atoms with Gasteiger partial charge in [0.05, 0.1) is 32.5 Å². The Bertz CT molecular complexity index is 1060. The van der Waals surface area contributed by atoms with Gasteiger partial charge < -0.3 is 28.5 Å². The van der Waals surface area contributed by atoms with E-state index in [4.69, 9.17) is 23.7 Å². The first-order chi connectivity index (χ1) is 18.0. The number of hydrogen-bond donors (Lipinski definition) is 0. The largest absolute Gasteiger partial charge is 0.374 e. The molecule has 1 aliphatic rings. The number of ether oxygens (including phenoxy) is 5. The SMILES string of the molecule is CC(C)(C=O)O[C@@H]1C[C@@H](OCc2ccccc2)[C@H](OCc2ccccc2)[C@@H](COCc2ccccc2)O1. The number of carbonyl (C=O) groups excluding carboxylic acids is 1. The Morgan fingerprint density at radius 2 is 1.30 bits per heavy atom. The molecule has 0 aromatic heterocycles. The van der Waals surface area contributed by atoms with Gasteiger partial charge in [0.2, 0.25) is 0 Å². The molecule has 4 atom stereocenters. The number of benzene rings is 3. The van der Waals surface area contributed by atoms with Gasteiger partial charge >= 0.3 is 0 Å². The van der Waals surface area contributed by atoms with Gasteiger partial charge in [-0.2, -0.15) is 0 Å². The van der Waals surface area contributed by atoms with Gasteiger partial charge in [0.1, 0.15) is 17.8 Å². The van der Waals surface area contributed by atoms with Gasteiger partial charge in [0.15, 0.2) is 12.6 Å². The molecule has 4 rings (SSSR count). The van der Waals surface area contributed by atoms with Crippen LogP contribution in [0.4, 0.5) is 0 Å². The zero-order valence-corrected chi connectivity index (χ0v) is 21.5. The Morgan fingerprint density at radius 1 is 0.784 bits per heavy atom. The number of hydrogen-bond acceptors (Lipinski definition) is 6. The molecule has 0 bridgehead atoms. The molecule has 3 aromatic carbocycles. The summed E-state index contributed by atoms with van der Waals surface area (Å²) in [6, 6.07) is 30.0. The number of rotatable bonds is 13. The quantitative estimate of drug-likeness (QED) is 0.287. The molecule has 3 aromatic rings. The highest BCUT2D eigenvalue weighted by atomic mass is 16.7. The maximum Gasteiger partial charge on any atom is 0.162 e. The van der Waals surface area contributed by atoms with E-state index in [9.17, 15) is 4.79 Å². The van der Waals surface area contributed by atoms with Crippen molar-refractivity contribution in [2.24, 2.45) is 0 Å². The minimum absolute atomic E-state index is 0.293. The lowest BCUT2D eigenvalue weighted by molar-refractivity contribution is -0.294. The highest BCUT2D eigenvalue weighted by Gasteiger charge is 2.42. The molecule has 0 saturated carbocycles. The van der Waals surface area contributed by atoms with Crippen molar-refractivity contribution < 1.29 is 28.5 Å². The fourth-order valence-corrected chi connectivity index (χ4v) is 4.26. The summed E-state index contributed by atoms with van der Waals surface area (Å²) in [6.07, 6.45) is -0.583. The molecule has 1 aliphatic heterocycles. The van der Waals surface area contributed by atoms with E-state index >= 15 is 0 Å². The first-order valence-corrected chi connectivity index (χ1v) is 12.7. The van der Waals surface area contributed by atoms with Gasteiger partial charge in [-0.25, -0.2) is 0 Å². The third-order valence-corrected chi connectivity index (χ3v) is 6.19. The van der Waals surface area contributed by atoms with E-state index in [1.807, 2.05) is 91.0 Å². The third kappa shape index (κ3) is 8.59. The average molecular weight is 505 g/mol. The fraction of sp³-hybridized carbons (Fsp3) is 0.387. The lowest BCUT2D eigenvalue weighted by Gasteiger charge is -2.42. The molecule has 1 fully saturated rings. The summed E-state index contributed by atoms with van der Waals surface area (Å²) in [5, 5.41) is 0. The molecule has 1 heterocycles. The van der Waals surface area contributed by atoms with Crippen molar-refractivity contribution in [1.29, 1.82) is 0 Å².